The van der Waals surface area contributed by atoms with Gasteiger partial charge in [0.1, 0.15) is 24.4 Å². The maximum atomic E-state index is 5.88. The van der Waals surface area contributed by atoms with Crippen molar-refractivity contribution in [1.29, 1.82) is 0 Å². The number of rotatable bonds is 6. The number of hydrogen-bond donors (Lipinski definition) is 0. The fourth-order valence-corrected chi connectivity index (χ4v) is 2.57. The van der Waals surface area contributed by atoms with Crippen molar-refractivity contribution >= 4 is 0 Å². The Balaban J connectivity index is 1.41. The minimum absolute atomic E-state index is 0.0972. The van der Waals surface area contributed by atoms with Gasteiger partial charge in [-0.2, -0.15) is 0 Å². The molecule has 4 nitrogen and oxygen atoms in total. The average molecular weight is 228 g/mol. The Labute approximate surface area is 96.2 Å². The summed E-state index contributed by atoms with van der Waals surface area (Å²) in [6.07, 6.45) is 5.40. The predicted octanol–water partition coefficient (Wildman–Crippen LogP) is 1.47. The van der Waals surface area contributed by atoms with E-state index in [-0.39, 0.29) is 30.7 Å². The molecule has 3 aliphatic heterocycles. The van der Waals surface area contributed by atoms with E-state index in [1.165, 1.54) is 19.3 Å². The lowest BCUT2D eigenvalue weighted by atomic mass is 10.1. The molecule has 16 heavy (non-hydrogen) atoms. The van der Waals surface area contributed by atoms with Crippen molar-refractivity contribution in [3.05, 3.63) is 0 Å². The van der Waals surface area contributed by atoms with E-state index < -0.39 is 0 Å². The first-order chi connectivity index (χ1) is 7.90. The molecule has 3 aliphatic rings. The normalized spacial score (nSPS) is 44.4. The zero-order valence-electron chi connectivity index (χ0n) is 9.76. The third-order valence-electron chi connectivity index (χ3n) is 3.56. The van der Waals surface area contributed by atoms with Gasteiger partial charge in [0.2, 0.25) is 0 Å². The molecule has 0 N–H and O–H groups in total. The SMILES string of the molecule is CCCCCCO[C@H]1[C@@H]2O[C@@H]2[C@@H]2OC[C@H]1O2. The Kier molecular flexibility index (Phi) is 3.16. The predicted molar refractivity (Wildman–Crippen MR) is 57.2 cm³/mol. The molecular formula is C12H20O4. The second-order valence-electron chi connectivity index (χ2n) is 4.84. The highest BCUT2D eigenvalue weighted by atomic mass is 16.8. The van der Waals surface area contributed by atoms with Crippen LogP contribution in [0.4, 0.5) is 0 Å². The summed E-state index contributed by atoms with van der Waals surface area (Å²) in [5.74, 6) is 0. The molecule has 0 aromatic heterocycles. The van der Waals surface area contributed by atoms with Crippen LogP contribution in [0, 0.1) is 0 Å². The molecule has 2 bridgehead atoms. The molecule has 4 heteroatoms. The van der Waals surface area contributed by atoms with Crippen LogP contribution in [0.2, 0.25) is 0 Å². The second-order valence-corrected chi connectivity index (χ2v) is 4.84. The van der Waals surface area contributed by atoms with E-state index in [9.17, 15) is 0 Å². The lowest BCUT2D eigenvalue weighted by Crippen LogP contribution is -2.42. The van der Waals surface area contributed by atoms with Gasteiger partial charge in [0.25, 0.3) is 0 Å². The van der Waals surface area contributed by atoms with Crippen molar-refractivity contribution in [1.82, 2.24) is 0 Å². The van der Waals surface area contributed by atoms with E-state index in [0.717, 1.165) is 13.0 Å². The van der Waals surface area contributed by atoms with Crippen LogP contribution in [0.25, 0.3) is 0 Å². The van der Waals surface area contributed by atoms with Crippen molar-refractivity contribution in [2.24, 2.45) is 0 Å². The largest absolute Gasteiger partial charge is 0.373 e. The Morgan fingerprint density at radius 2 is 2.06 bits per heavy atom. The molecule has 0 aromatic carbocycles. The molecule has 3 rings (SSSR count). The van der Waals surface area contributed by atoms with Crippen molar-refractivity contribution in [3.8, 4) is 0 Å². The summed E-state index contributed by atoms with van der Waals surface area (Å²) in [5, 5.41) is 0. The number of fused-ring (bicyclic) bond motifs is 4. The third-order valence-corrected chi connectivity index (χ3v) is 3.56. The van der Waals surface area contributed by atoms with Gasteiger partial charge in [-0.3, -0.25) is 0 Å². The van der Waals surface area contributed by atoms with Gasteiger partial charge in [-0.25, -0.2) is 0 Å². The molecule has 5 atom stereocenters. The molecule has 0 radical (unpaired) electrons. The number of hydrogen-bond acceptors (Lipinski definition) is 4. The van der Waals surface area contributed by atoms with Crippen molar-refractivity contribution in [2.75, 3.05) is 13.2 Å². The van der Waals surface area contributed by atoms with E-state index in [0.29, 0.717) is 6.61 Å². The zero-order chi connectivity index (χ0) is 11.0. The van der Waals surface area contributed by atoms with Crippen LogP contribution in [0.15, 0.2) is 0 Å². The first kappa shape index (κ1) is 11.0. The van der Waals surface area contributed by atoms with E-state index in [2.05, 4.69) is 6.92 Å². The molecule has 0 unspecified atom stereocenters. The topological polar surface area (TPSA) is 40.2 Å². The van der Waals surface area contributed by atoms with Crippen LogP contribution in [0.3, 0.4) is 0 Å². The third kappa shape index (κ3) is 1.99. The smallest absolute Gasteiger partial charge is 0.187 e. The van der Waals surface area contributed by atoms with Gasteiger partial charge in [0.15, 0.2) is 6.29 Å². The summed E-state index contributed by atoms with van der Waals surface area (Å²) >= 11 is 0. The lowest BCUT2D eigenvalue weighted by molar-refractivity contribution is -0.118. The molecule has 3 heterocycles. The lowest BCUT2D eigenvalue weighted by Gasteiger charge is -2.24. The van der Waals surface area contributed by atoms with Crippen LogP contribution < -0.4 is 0 Å². The molecule has 0 saturated carbocycles. The number of unbranched alkanes of at least 4 members (excludes halogenated alkanes) is 3. The fraction of sp³-hybridized carbons (Fsp3) is 1.00. The summed E-state index contributed by atoms with van der Waals surface area (Å²) in [5.41, 5.74) is 0. The summed E-state index contributed by atoms with van der Waals surface area (Å²) in [6.45, 7) is 3.71. The Hall–Kier alpha value is -0.160. The monoisotopic (exact) mass is 228 g/mol. The van der Waals surface area contributed by atoms with E-state index in [1.54, 1.807) is 0 Å². The van der Waals surface area contributed by atoms with Gasteiger partial charge in [-0.1, -0.05) is 26.2 Å². The molecule has 0 aliphatic carbocycles. The number of epoxide rings is 1. The van der Waals surface area contributed by atoms with E-state index in [4.69, 9.17) is 18.9 Å². The quantitative estimate of drug-likeness (QED) is 0.510. The Morgan fingerprint density at radius 1 is 1.12 bits per heavy atom. The maximum Gasteiger partial charge on any atom is 0.187 e. The van der Waals surface area contributed by atoms with Crippen LogP contribution in [-0.4, -0.2) is 43.9 Å². The van der Waals surface area contributed by atoms with E-state index >= 15 is 0 Å². The molecule has 3 fully saturated rings. The Bertz CT molecular complexity index is 245. The van der Waals surface area contributed by atoms with Gasteiger partial charge in [0, 0.05) is 6.61 Å². The molecule has 0 aromatic rings. The summed E-state index contributed by atoms with van der Waals surface area (Å²) < 4.78 is 22.6. The number of ether oxygens (including phenoxy) is 4. The summed E-state index contributed by atoms with van der Waals surface area (Å²) in [4.78, 5) is 0. The summed E-state index contributed by atoms with van der Waals surface area (Å²) in [7, 11) is 0. The van der Waals surface area contributed by atoms with Gasteiger partial charge in [-0.05, 0) is 6.42 Å². The maximum absolute atomic E-state index is 5.88. The van der Waals surface area contributed by atoms with Crippen molar-refractivity contribution in [2.45, 2.75) is 63.3 Å². The first-order valence-corrected chi connectivity index (χ1v) is 6.44. The molecule has 0 amide bonds. The van der Waals surface area contributed by atoms with Crippen molar-refractivity contribution < 1.29 is 18.9 Å². The van der Waals surface area contributed by atoms with Crippen molar-refractivity contribution in [3.63, 3.8) is 0 Å². The highest BCUT2D eigenvalue weighted by Crippen LogP contribution is 2.42. The van der Waals surface area contributed by atoms with E-state index in [1.807, 2.05) is 0 Å². The summed E-state index contributed by atoms with van der Waals surface area (Å²) in [6, 6.07) is 0. The van der Waals surface area contributed by atoms with Gasteiger partial charge in [0.05, 0.1) is 6.61 Å². The minimum atomic E-state index is -0.116. The fourth-order valence-electron chi connectivity index (χ4n) is 2.57. The minimum Gasteiger partial charge on any atom is -0.373 e. The highest BCUT2D eigenvalue weighted by Gasteiger charge is 2.62. The highest BCUT2D eigenvalue weighted by molar-refractivity contribution is 5.04. The Morgan fingerprint density at radius 3 is 2.94 bits per heavy atom. The van der Waals surface area contributed by atoms with Crippen LogP contribution in [0.1, 0.15) is 32.6 Å². The van der Waals surface area contributed by atoms with Crippen LogP contribution >= 0.6 is 0 Å². The molecular weight excluding hydrogens is 208 g/mol. The van der Waals surface area contributed by atoms with Gasteiger partial charge < -0.3 is 18.9 Å². The van der Waals surface area contributed by atoms with Gasteiger partial charge >= 0.3 is 0 Å². The molecule has 3 saturated heterocycles. The molecule has 92 valence electrons. The average Bonchev–Trinajstić information content (AvgIpc) is 2.97. The van der Waals surface area contributed by atoms with Gasteiger partial charge in [-0.15, -0.1) is 0 Å². The zero-order valence-corrected chi connectivity index (χ0v) is 9.76. The first-order valence-electron chi connectivity index (χ1n) is 6.44. The van der Waals surface area contributed by atoms with Crippen LogP contribution in [0.5, 0.6) is 0 Å². The standard InChI is InChI=1S/C12H20O4/c1-2-3-4-5-6-13-9-8-7-14-12(15-8)11-10(9)16-11/h8-12H,2-7H2,1H3/t8-,9-,10+,11+,12-/m1/s1. The van der Waals surface area contributed by atoms with Crippen LogP contribution in [-0.2, 0) is 18.9 Å². The molecule has 0 spiro atoms. The second kappa shape index (κ2) is 4.61.